The molecule has 1 heterocycles. The predicted octanol–water partition coefficient (Wildman–Crippen LogP) is 0.964. The number of carbonyl (C=O) groups excluding carboxylic acids is 1. The quantitative estimate of drug-likeness (QED) is 0.685. The summed E-state index contributed by atoms with van der Waals surface area (Å²) in [5.74, 6) is 4.36. The second-order valence-corrected chi connectivity index (χ2v) is 3.80. The average Bonchev–Trinajstić information content (AvgIpc) is 2.40. The van der Waals surface area contributed by atoms with E-state index in [1.54, 1.807) is 0 Å². The van der Waals surface area contributed by atoms with Gasteiger partial charge in [0, 0.05) is 33.6 Å². The fourth-order valence-electron chi connectivity index (χ4n) is 0.913. The molecule has 1 unspecified atom stereocenters. The molecule has 1 saturated heterocycles. The molecule has 0 radical (unpaired) electrons. The van der Waals surface area contributed by atoms with Gasteiger partial charge in [0.05, 0.1) is 0 Å². The maximum Gasteiger partial charge on any atom is 0.297 e. The summed E-state index contributed by atoms with van der Waals surface area (Å²) in [6, 6.07) is 0.334. The fraction of sp³-hybridized carbons (Fsp3) is 0.571. The second kappa shape index (κ2) is 4.68. The van der Waals surface area contributed by atoms with Gasteiger partial charge in [0.15, 0.2) is 0 Å². The van der Waals surface area contributed by atoms with E-state index in [0.717, 1.165) is 17.9 Å². The summed E-state index contributed by atoms with van der Waals surface area (Å²) in [6.45, 7) is 0. The molecule has 0 aliphatic carbocycles. The van der Waals surface area contributed by atoms with E-state index in [-0.39, 0.29) is 5.91 Å². The van der Waals surface area contributed by atoms with Crippen LogP contribution in [0, 0.1) is 10.8 Å². The van der Waals surface area contributed by atoms with Crippen LogP contribution >= 0.6 is 27.7 Å². The van der Waals surface area contributed by atoms with Crippen molar-refractivity contribution in [2.45, 2.75) is 12.5 Å². The normalized spacial score (nSPS) is 22.1. The number of amides is 1. The van der Waals surface area contributed by atoms with Crippen molar-refractivity contribution in [3.63, 3.8) is 0 Å². The first-order chi connectivity index (χ1) is 5.33. The Morgan fingerprint density at radius 2 is 2.55 bits per heavy atom. The fourth-order valence-corrected chi connectivity index (χ4v) is 2.25. The molecule has 1 amide bonds. The smallest absolute Gasteiger partial charge is 0.297 e. The van der Waals surface area contributed by atoms with Gasteiger partial charge in [0.2, 0.25) is 0 Å². The highest BCUT2D eigenvalue weighted by Gasteiger charge is 2.16. The van der Waals surface area contributed by atoms with Crippen LogP contribution in [0.25, 0.3) is 0 Å². The van der Waals surface area contributed by atoms with E-state index in [9.17, 15) is 4.79 Å². The average molecular weight is 234 g/mol. The van der Waals surface area contributed by atoms with Crippen LogP contribution in [0.4, 0.5) is 0 Å². The van der Waals surface area contributed by atoms with Crippen LogP contribution in [0.1, 0.15) is 6.42 Å². The van der Waals surface area contributed by atoms with Crippen LogP contribution in [0.5, 0.6) is 0 Å². The van der Waals surface area contributed by atoms with Crippen molar-refractivity contribution in [1.82, 2.24) is 5.32 Å². The van der Waals surface area contributed by atoms with Gasteiger partial charge in [-0.1, -0.05) is 0 Å². The van der Waals surface area contributed by atoms with Crippen LogP contribution in [0.15, 0.2) is 0 Å². The zero-order valence-corrected chi connectivity index (χ0v) is 8.30. The minimum atomic E-state index is -0.186. The number of thioether (sulfide) groups is 1. The minimum Gasteiger partial charge on any atom is -0.342 e. The summed E-state index contributed by atoms with van der Waals surface area (Å²) in [7, 11) is 0. The van der Waals surface area contributed by atoms with E-state index < -0.39 is 0 Å². The van der Waals surface area contributed by atoms with Crippen molar-refractivity contribution in [2.24, 2.45) is 0 Å². The lowest BCUT2D eigenvalue weighted by Crippen LogP contribution is -2.33. The maximum atomic E-state index is 10.9. The van der Waals surface area contributed by atoms with Crippen LogP contribution < -0.4 is 5.32 Å². The Morgan fingerprint density at radius 3 is 3.09 bits per heavy atom. The van der Waals surface area contributed by atoms with E-state index >= 15 is 0 Å². The van der Waals surface area contributed by atoms with Gasteiger partial charge in [-0.15, -0.1) is 0 Å². The lowest BCUT2D eigenvalue weighted by molar-refractivity contribution is -0.116. The van der Waals surface area contributed by atoms with Gasteiger partial charge >= 0.3 is 0 Å². The van der Waals surface area contributed by atoms with Crippen LogP contribution in [0.2, 0.25) is 0 Å². The van der Waals surface area contributed by atoms with E-state index in [4.69, 9.17) is 0 Å². The standard InChI is InChI=1S/C7H8BrNOS/c8-3-1-7(10)9-6-2-4-11-5-6/h6H,2,4-5H2,(H,9,10). The number of carbonyl (C=O) groups is 1. The predicted molar refractivity (Wildman–Crippen MR) is 50.6 cm³/mol. The Bertz CT molecular complexity index is 202. The van der Waals surface area contributed by atoms with Gasteiger partial charge in [-0.2, -0.15) is 11.8 Å². The van der Waals surface area contributed by atoms with Gasteiger partial charge in [-0.25, -0.2) is 0 Å². The largest absolute Gasteiger partial charge is 0.342 e. The molecule has 1 N–H and O–H groups in total. The molecule has 0 saturated carbocycles. The molecule has 0 aromatic carbocycles. The van der Waals surface area contributed by atoms with Crippen molar-refractivity contribution >= 4 is 33.6 Å². The van der Waals surface area contributed by atoms with Crippen LogP contribution in [-0.2, 0) is 4.79 Å². The van der Waals surface area contributed by atoms with Crippen LogP contribution in [0.3, 0.4) is 0 Å². The molecule has 4 heteroatoms. The molecule has 1 rings (SSSR count). The van der Waals surface area contributed by atoms with Crippen molar-refractivity contribution in [3.8, 4) is 10.8 Å². The highest BCUT2D eigenvalue weighted by atomic mass is 79.9. The van der Waals surface area contributed by atoms with Crippen molar-refractivity contribution in [2.75, 3.05) is 11.5 Å². The minimum absolute atomic E-state index is 0.186. The molecule has 1 atom stereocenters. The topological polar surface area (TPSA) is 29.1 Å². The number of hydrogen-bond donors (Lipinski definition) is 1. The summed E-state index contributed by atoms with van der Waals surface area (Å²) in [5, 5.41) is 2.82. The molecule has 11 heavy (non-hydrogen) atoms. The first kappa shape index (κ1) is 8.95. The summed E-state index contributed by atoms with van der Waals surface area (Å²) >= 11 is 4.74. The molecule has 2 nitrogen and oxygen atoms in total. The Morgan fingerprint density at radius 1 is 1.73 bits per heavy atom. The summed E-state index contributed by atoms with van der Waals surface area (Å²) in [6.07, 6.45) is 1.07. The molecule has 0 aromatic heterocycles. The van der Waals surface area contributed by atoms with Crippen molar-refractivity contribution in [1.29, 1.82) is 0 Å². The maximum absolute atomic E-state index is 10.9. The monoisotopic (exact) mass is 233 g/mol. The molecular formula is C7H8BrNOS. The van der Waals surface area contributed by atoms with Crippen molar-refractivity contribution in [3.05, 3.63) is 0 Å². The van der Waals surface area contributed by atoms with Gasteiger partial charge in [0.25, 0.3) is 5.91 Å². The van der Waals surface area contributed by atoms with Gasteiger partial charge in [-0.05, 0) is 17.0 Å². The number of nitrogens with one attached hydrogen (secondary N) is 1. The third-order valence-corrected chi connectivity index (χ3v) is 2.79. The summed E-state index contributed by atoms with van der Waals surface area (Å²) in [4.78, 5) is 13.3. The Balaban J connectivity index is 2.27. The Kier molecular flexibility index (Phi) is 3.81. The van der Waals surface area contributed by atoms with E-state index in [0.29, 0.717) is 6.04 Å². The first-order valence-electron chi connectivity index (χ1n) is 3.33. The van der Waals surface area contributed by atoms with Gasteiger partial charge < -0.3 is 5.32 Å². The lowest BCUT2D eigenvalue weighted by atomic mass is 10.2. The van der Waals surface area contributed by atoms with E-state index in [2.05, 4.69) is 32.0 Å². The third kappa shape index (κ3) is 3.17. The van der Waals surface area contributed by atoms with E-state index in [1.807, 2.05) is 11.8 Å². The second-order valence-electron chi connectivity index (χ2n) is 2.25. The number of hydrogen-bond acceptors (Lipinski definition) is 2. The Labute approximate surface area is 78.6 Å². The summed E-state index contributed by atoms with van der Waals surface area (Å²) in [5.41, 5.74) is 0. The molecule has 0 spiro atoms. The molecule has 1 fully saturated rings. The van der Waals surface area contributed by atoms with E-state index in [1.165, 1.54) is 0 Å². The zero-order valence-electron chi connectivity index (χ0n) is 5.89. The third-order valence-electron chi connectivity index (χ3n) is 1.43. The molecular weight excluding hydrogens is 226 g/mol. The molecule has 1 aliphatic heterocycles. The number of halogens is 1. The number of rotatable bonds is 1. The highest BCUT2D eigenvalue weighted by Crippen LogP contribution is 2.16. The first-order valence-corrected chi connectivity index (χ1v) is 5.27. The molecule has 0 bridgehead atoms. The summed E-state index contributed by atoms with van der Waals surface area (Å²) < 4.78 is 0. The molecule has 1 aliphatic rings. The zero-order chi connectivity index (χ0) is 8.10. The van der Waals surface area contributed by atoms with Gasteiger partial charge in [-0.3, -0.25) is 4.79 Å². The Hall–Kier alpha value is -0.140. The lowest BCUT2D eigenvalue weighted by Gasteiger charge is -2.06. The van der Waals surface area contributed by atoms with Gasteiger partial charge in [0.1, 0.15) is 0 Å². The molecule has 0 aromatic rings. The SMILES string of the molecule is O=C(C#CBr)NC1CCSC1. The van der Waals surface area contributed by atoms with Crippen LogP contribution in [-0.4, -0.2) is 23.5 Å². The molecule has 60 valence electrons. The van der Waals surface area contributed by atoms with Crippen molar-refractivity contribution < 1.29 is 4.79 Å². The highest BCUT2D eigenvalue weighted by molar-refractivity contribution is 9.12.